The highest BCUT2D eigenvalue weighted by molar-refractivity contribution is 5.97. The molecule has 0 bridgehead atoms. The topological polar surface area (TPSA) is 78.5 Å². The third-order valence-corrected chi connectivity index (χ3v) is 5.02. The van der Waals surface area contributed by atoms with Gasteiger partial charge in [0.2, 0.25) is 11.8 Å². The van der Waals surface area contributed by atoms with Crippen LogP contribution in [0, 0.1) is 18.8 Å². The maximum absolute atomic E-state index is 12.8. The molecule has 0 saturated carbocycles. The number of amides is 3. The fourth-order valence-electron chi connectivity index (χ4n) is 3.29. The van der Waals surface area contributed by atoms with Crippen LogP contribution in [0.25, 0.3) is 0 Å². The van der Waals surface area contributed by atoms with Gasteiger partial charge in [0.05, 0.1) is 0 Å². The molecule has 27 heavy (non-hydrogen) atoms. The van der Waals surface area contributed by atoms with Crippen LogP contribution in [0.1, 0.15) is 49.5 Å². The number of piperidine rings is 1. The highest BCUT2D eigenvalue weighted by Crippen LogP contribution is 2.22. The Hall–Kier alpha value is -2.37. The number of nitrogens with one attached hydrogen (secondary N) is 2. The zero-order valence-corrected chi connectivity index (χ0v) is 16.7. The second kappa shape index (κ2) is 9.53. The molecule has 6 nitrogen and oxygen atoms in total. The van der Waals surface area contributed by atoms with E-state index in [1.807, 2.05) is 32.9 Å². The van der Waals surface area contributed by atoms with Gasteiger partial charge in [-0.25, -0.2) is 0 Å². The van der Waals surface area contributed by atoms with Crippen LogP contribution in [0.2, 0.25) is 0 Å². The molecule has 1 aliphatic heterocycles. The summed E-state index contributed by atoms with van der Waals surface area (Å²) in [6, 6.07) is 6.71. The van der Waals surface area contributed by atoms with Crippen LogP contribution in [0.5, 0.6) is 0 Å². The van der Waals surface area contributed by atoms with Crippen molar-refractivity contribution in [3.8, 4) is 0 Å². The summed E-state index contributed by atoms with van der Waals surface area (Å²) in [6.07, 6.45) is 1.40. The van der Waals surface area contributed by atoms with Crippen molar-refractivity contribution in [3.05, 3.63) is 35.4 Å². The molecule has 1 saturated heterocycles. The highest BCUT2D eigenvalue weighted by atomic mass is 16.2. The van der Waals surface area contributed by atoms with Gasteiger partial charge in [-0.2, -0.15) is 0 Å². The van der Waals surface area contributed by atoms with Gasteiger partial charge in [0.15, 0.2) is 0 Å². The van der Waals surface area contributed by atoms with Gasteiger partial charge in [0.25, 0.3) is 5.91 Å². The van der Waals surface area contributed by atoms with Gasteiger partial charge in [-0.15, -0.1) is 0 Å². The van der Waals surface area contributed by atoms with E-state index in [1.165, 1.54) is 0 Å². The third kappa shape index (κ3) is 6.08. The summed E-state index contributed by atoms with van der Waals surface area (Å²) in [7, 11) is 0. The third-order valence-electron chi connectivity index (χ3n) is 5.02. The molecule has 0 spiro atoms. The van der Waals surface area contributed by atoms with Gasteiger partial charge in [-0.05, 0) is 43.7 Å². The number of hydrogen-bond acceptors (Lipinski definition) is 3. The molecule has 1 aromatic carbocycles. The molecule has 3 amide bonds. The average Bonchev–Trinajstić information content (AvgIpc) is 2.64. The molecule has 2 N–H and O–H groups in total. The standard InChI is InChI=1S/C21H31N3O3/c1-14(2)13-22-21(27)19(17-9-11-24(12-10-17)16(4)25)23-20(26)18-7-5-15(3)6-8-18/h5-8,14,17,19H,9-13H2,1-4H3,(H,22,27)(H,23,26)/t19-/m1/s1. The van der Waals surface area contributed by atoms with Crippen molar-refractivity contribution in [3.63, 3.8) is 0 Å². The first-order chi connectivity index (χ1) is 12.8. The predicted octanol–water partition coefficient (Wildman–Crippen LogP) is 2.12. The summed E-state index contributed by atoms with van der Waals surface area (Å²) >= 11 is 0. The molecule has 1 heterocycles. The Kier molecular flexibility index (Phi) is 7.39. The van der Waals surface area contributed by atoms with Gasteiger partial charge in [-0.3, -0.25) is 14.4 Å². The molecule has 6 heteroatoms. The number of rotatable bonds is 6. The molecule has 1 aliphatic rings. The zero-order valence-electron chi connectivity index (χ0n) is 16.7. The monoisotopic (exact) mass is 373 g/mol. The van der Waals surface area contributed by atoms with Crippen LogP contribution in [0.3, 0.4) is 0 Å². The first-order valence-corrected chi connectivity index (χ1v) is 9.68. The van der Waals surface area contributed by atoms with Crippen LogP contribution in [0.15, 0.2) is 24.3 Å². The molecular formula is C21H31N3O3. The number of carbonyl (C=O) groups excluding carboxylic acids is 3. The summed E-state index contributed by atoms with van der Waals surface area (Å²) in [5, 5.41) is 5.88. The highest BCUT2D eigenvalue weighted by Gasteiger charge is 2.33. The number of hydrogen-bond donors (Lipinski definition) is 2. The van der Waals surface area contributed by atoms with E-state index >= 15 is 0 Å². The van der Waals surface area contributed by atoms with Crippen LogP contribution < -0.4 is 10.6 Å². The Morgan fingerprint density at radius 2 is 1.70 bits per heavy atom. The Bertz CT molecular complexity index is 662. The zero-order chi connectivity index (χ0) is 20.0. The van der Waals surface area contributed by atoms with Gasteiger partial charge in [0, 0.05) is 32.1 Å². The average molecular weight is 373 g/mol. The maximum atomic E-state index is 12.8. The number of likely N-dealkylation sites (tertiary alicyclic amines) is 1. The summed E-state index contributed by atoms with van der Waals surface area (Å²) in [6.45, 7) is 9.40. The summed E-state index contributed by atoms with van der Waals surface area (Å²) < 4.78 is 0. The van der Waals surface area contributed by atoms with Crippen LogP contribution in [-0.4, -0.2) is 48.3 Å². The van der Waals surface area contributed by atoms with Crippen molar-refractivity contribution < 1.29 is 14.4 Å². The van der Waals surface area contributed by atoms with E-state index in [1.54, 1.807) is 24.0 Å². The van der Waals surface area contributed by atoms with E-state index in [9.17, 15) is 14.4 Å². The van der Waals surface area contributed by atoms with Gasteiger partial charge < -0.3 is 15.5 Å². The first kappa shape index (κ1) is 20.9. The molecule has 1 aromatic rings. The van der Waals surface area contributed by atoms with E-state index in [2.05, 4.69) is 10.6 Å². The number of aryl methyl sites for hydroxylation is 1. The summed E-state index contributed by atoms with van der Waals surface area (Å²) in [4.78, 5) is 38.8. The first-order valence-electron chi connectivity index (χ1n) is 9.68. The lowest BCUT2D eigenvalue weighted by Crippen LogP contribution is -2.54. The summed E-state index contributed by atoms with van der Waals surface area (Å²) in [5.41, 5.74) is 1.62. The summed E-state index contributed by atoms with van der Waals surface area (Å²) in [5.74, 6) is 0.0150. The smallest absolute Gasteiger partial charge is 0.251 e. The molecule has 1 fully saturated rings. The van der Waals surface area contributed by atoms with Crippen molar-refractivity contribution in [2.45, 2.75) is 46.6 Å². The molecule has 1 atom stereocenters. The van der Waals surface area contributed by atoms with Gasteiger partial charge in [0.1, 0.15) is 6.04 Å². The SMILES string of the molecule is CC(=O)N1CCC([C@@H](NC(=O)c2ccc(C)cc2)C(=O)NCC(C)C)CC1. The predicted molar refractivity (Wildman–Crippen MR) is 105 cm³/mol. The second-order valence-corrected chi connectivity index (χ2v) is 7.80. The van der Waals surface area contributed by atoms with Crippen molar-refractivity contribution in [1.29, 1.82) is 0 Å². The Balaban J connectivity index is 2.09. The quantitative estimate of drug-likeness (QED) is 0.802. The Labute approximate surface area is 161 Å². The van der Waals surface area contributed by atoms with Gasteiger partial charge in [-0.1, -0.05) is 31.5 Å². The lowest BCUT2D eigenvalue weighted by atomic mass is 9.88. The second-order valence-electron chi connectivity index (χ2n) is 7.80. The largest absolute Gasteiger partial charge is 0.354 e. The van der Waals surface area contributed by atoms with E-state index in [-0.39, 0.29) is 23.6 Å². The number of benzene rings is 1. The molecule has 0 aliphatic carbocycles. The van der Waals surface area contributed by atoms with E-state index in [4.69, 9.17) is 0 Å². The normalized spacial score (nSPS) is 16.1. The molecule has 0 unspecified atom stereocenters. The lowest BCUT2D eigenvalue weighted by molar-refractivity contribution is -0.130. The minimum Gasteiger partial charge on any atom is -0.354 e. The van der Waals surface area contributed by atoms with Crippen molar-refractivity contribution in [2.75, 3.05) is 19.6 Å². The van der Waals surface area contributed by atoms with Crippen molar-refractivity contribution in [1.82, 2.24) is 15.5 Å². The number of carbonyl (C=O) groups is 3. The maximum Gasteiger partial charge on any atom is 0.251 e. The minimum absolute atomic E-state index is 0.0159. The van der Waals surface area contributed by atoms with E-state index < -0.39 is 6.04 Å². The van der Waals surface area contributed by atoms with E-state index in [0.717, 1.165) is 5.56 Å². The molecule has 0 radical (unpaired) electrons. The molecule has 2 rings (SSSR count). The van der Waals surface area contributed by atoms with Crippen LogP contribution in [0.4, 0.5) is 0 Å². The minimum atomic E-state index is -0.591. The van der Waals surface area contributed by atoms with Crippen molar-refractivity contribution in [2.24, 2.45) is 11.8 Å². The van der Waals surface area contributed by atoms with Crippen molar-refractivity contribution >= 4 is 17.7 Å². The van der Waals surface area contributed by atoms with Gasteiger partial charge >= 0.3 is 0 Å². The lowest BCUT2D eigenvalue weighted by Gasteiger charge is -2.35. The molecule has 0 aromatic heterocycles. The fourth-order valence-corrected chi connectivity index (χ4v) is 3.29. The van der Waals surface area contributed by atoms with Crippen LogP contribution >= 0.6 is 0 Å². The number of nitrogens with zero attached hydrogens (tertiary/aromatic N) is 1. The van der Waals surface area contributed by atoms with E-state index in [0.29, 0.717) is 44.0 Å². The Morgan fingerprint density at radius 3 is 2.22 bits per heavy atom. The molecule has 148 valence electrons. The Morgan fingerprint density at radius 1 is 1.11 bits per heavy atom. The van der Waals surface area contributed by atoms with Crippen LogP contribution in [-0.2, 0) is 9.59 Å². The fraction of sp³-hybridized carbons (Fsp3) is 0.571. The molecular weight excluding hydrogens is 342 g/mol.